The van der Waals surface area contributed by atoms with Crippen LogP contribution in [0.4, 0.5) is 0 Å². The summed E-state index contributed by atoms with van der Waals surface area (Å²) >= 11 is 0. The van der Waals surface area contributed by atoms with Crippen molar-refractivity contribution in [1.29, 1.82) is 5.26 Å². The molecule has 0 saturated heterocycles. The van der Waals surface area contributed by atoms with Gasteiger partial charge in [-0.3, -0.25) is 4.90 Å². The van der Waals surface area contributed by atoms with Crippen LogP contribution in [0.15, 0.2) is 28.7 Å². The Morgan fingerprint density at radius 1 is 1.32 bits per heavy atom. The first kappa shape index (κ1) is 14.7. The van der Waals surface area contributed by atoms with Crippen molar-refractivity contribution in [2.75, 3.05) is 6.54 Å². The summed E-state index contributed by atoms with van der Waals surface area (Å²) in [6, 6.07) is 10.1. The molecule has 114 valence electrons. The molecule has 1 aliphatic carbocycles. The Balaban J connectivity index is 1.69. The van der Waals surface area contributed by atoms with E-state index in [0.29, 0.717) is 23.9 Å². The van der Waals surface area contributed by atoms with Crippen molar-refractivity contribution in [3.63, 3.8) is 0 Å². The highest BCUT2D eigenvalue weighted by molar-refractivity contribution is 5.32. The molecule has 0 amide bonds. The van der Waals surface area contributed by atoms with Gasteiger partial charge in [0.2, 0.25) is 11.8 Å². The van der Waals surface area contributed by atoms with Crippen molar-refractivity contribution in [3.8, 4) is 6.07 Å². The molecule has 0 aliphatic heterocycles. The average Bonchev–Trinajstić information content (AvgIpc) is 3.31. The number of hydrogen-bond donors (Lipinski definition) is 0. The molecule has 1 atom stereocenters. The highest BCUT2D eigenvalue weighted by Gasteiger charge is 2.29. The standard InChI is InChI=1S/C17H20N4O/c1-3-21(11-16-19-20-17(22-16)15-8-9-15)12(2)14-6-4-13(10-18)5-7-14/h4-7,12,15H,3,8-9,11H2,1-2H3. The molecule has 0 N–H and O–H groups in total. The van der Waals surface area contributed by atoms with Crippen LogP contribution in [0.1, 0.15) is 61.6 Å². The van der Waals surface area contributed by atoms with Crippen molar-refractivity contribution in [2.45, 2.75) is 45.2 Å². The van der Waals surface area contributed by atoms with E-state index in [2.05, 4.69) is 35.0 Å². The lowest BCUT2D eigenvalue weighted by Crippen LogP contribution is -2.26. The molecular formula is C17H20N4O. The average molecular weight is 296 g/mol. The van der Waals surface area contributed by atoms with Crippen molar-refractivity contribution in [1.82, 2.24) is 15.1 Å². The summed E-state index contributed by atoms with van der Waals surface area (Å²) in [6.07, 6.45) is 2.33. The molecule has 5 nitrogen and oxygen atoms in total. The number of nitriles is 1. The fraction of sp³-hybridized carbons (Fsp3) is 0.471. The second kappa shape index (κ2) is 6.29. The fourth-order valence-corrected chi connectivity index (χ4v) is 2.57. The van der Waals surface area contributed by atoms with Crippen molar-refractivity contribution >= 4 is 0 Å². The summed E-state index contributed by atoms with van der Waals surface area (Å²) in [4.78, 5) is 2.28. The maximum atomic E-state index is 8.88. The van der Waals surface area contributed by atoms with Gasteiger partial charge in [0.05, 0.1) is 18.2 Å². The second-order valence-electron chi connectivity index (χ2n) is 5.78. The number of nitrogens with zero attached hydrogens (tertiary/aromatic N) is 4. The van der Waals surface area contributed by atoms with Gasteiger partial charge in [-0.05, 0) is 44.0 Å². The topological polar surface area (TPSA) is 66.0 Å². The van der Waals surface area contributed by atoms with Crippen LogP contribution in [0, 0.1) is 11.3 Å². The molecule has 2 aromatic rings. The molecular weight excluding hydrogens is 276 g/mol. The summed E-state index contributed by atoms with van der Waals surface area (Å²) in [5.74, 6) is 1.97. The number of aromatic nitrogens is 2. The van der Waals surface area contributed by atoms with Gasteiger partial charge in [0.15, 0.2) is 0 Å². The van der Waals surface area contributed by atoms with E-state index in [1.807, 2.05) is 24.3 Å². The highest BCUT2D eigenvalue weighted by atomic mass is 16.4. The van der Waals surface area contributed by atoms with Crippen LogP contribution in [-0.4, -0.2) is 21.6 Å². The minimum absolute atomic E-state index is 0.231. The molecule has 5 heteroatoms. The number of benzene rings is 1. The third kappa shape index (κ3) is 3.18. The monoisotopic (exact) mass is 296 g/mol. The summed E-state index contributed by atoms with van der Waals surface area (Å²) in [6.45, 7) is 5.82. The predicted octanol–water partition coefficient (Wildman–Crippen LogP) is 3.40. The highest BCUT2D eigenvalue weighted by Crippen LogP contribution is 2.39. The summed E-state index contributed by atoms with van der Waals surface area (Å²) < 4.78 is 5.76. The maximum absolute atomic E-state index is 8.88. The van der Waals surface area contributed by atoms with Gasteiger partial charge in [-0.15, -0.1) is 10.2 Å². The van der Waals surface area contributed by atoms with Crippen LogP contribution in [0.2, 0.25) is 0 Å². The number of hydrogen-bond acceptors (Lipinski definition) is 5. The molecule has 1 fully saturated rings. The van der Waals surface area contributed by atoms with Crippen LogP contribution in [0.3, 0.4) is 0 Å². The summed E-state index contributed by atoms with van der Waals surface area (Å²) in [5, 5.41) is 17.2. The molecule has 22 heavy (non-hydrogen) atoms. The molecule has 1 aromatic heterocycles. The third-order valence-corrected chi connectivity index (χ3v) is 4.22. The first-order valence-corrected chi connectivity index (χ1v) is 7.77. The Labute approximate surface area is 130 Å². The lowest BCUT2D eigenvalue weighted by atomic mass is 10.1. The zero-order chi connectivity index (χ0) is 15.5. The normalized spacial score (nSPS) is 15.7. The fourth-order valence-electron chi connectivity index (χ4n) is 2.57. The van der Waals surface area contributed by atoms with Crippen molar-refractivity contribution in [2.24, 2.45) is 0 Å². The Morgan fingerprint density at radius 3 is 2.64 bits per heavy atom. The zero-order valence-electron chi connectivity index (χ0n) is 13.0. The van der Waals surface area contributed by atoms with Crippen LogP contribution < -0.4 is 0 Å². The van der Waals surface area contributed by atoms with Gasteiger partial charge in [0.1, 0.15) is 0 Å². The maximum Gasteiger partial charge on any atom is 0.230 e. The first-order valence-electron chi connectivity index (χ1n) is 7.77. The van der Waals surface area contributed by atoms with Gasteiger partial charge in [-0.1, -0.05) is 19.1 Å². The molecule has 0 radical (unpaired) electrons. The minimum atomic E-state index is 0.231. The molecule has 0 spiro atoms. The molecule has 0 bridgehead atoms. The van der Waals surface area contributed by atoms with Crippen LogP contribution in [0.5, 0.6) is 0 Å². The Morgan fingerprint density at radius 2 is 2.05 bits per heavy atom. The number of rotatable bonds is 6. The molecule has 1 aromatic carbocycles. The summed E-state index contributed by atoms with van der Waals surface area (Å²) in [5.41, 5.74) is 1.87. The van der Waals surface area contributed by atoms with E-state index < -0.39 is 0 Å². The molecule has 1 saturated carbocycles. The summed E-state index contributed by atoms with van der Waals surface area (Å²) in [7, 11) is 0. The van der Waals surface area contributed by atoms with Gasteiger partial charge in [-0.25, -0.2) is 0 Å². The van der Waals surface area contributed by atoms with Crippen molar-refractivity contribution < 1.29 is 4.42 Å². The smallest absolute Gasteiger partial charge is 0.230 e. The third-order valence-electron chi connectivity index (χ3n) is 4.22. The van der Waals surface area contributed by atoms with Gasteiger partial charge >= 0.3 is 0 Å². The molecule has 1 aliphatic rings. The Kier molecular flexibility index (Phi) is 4.21. The van der Waals surface area contributed by atoms with Crippen LogP contribution >= 0.6 is 0 Å². The van der Waals surface area contributed by atoms with Gasteiger partial charge < -0.3 is 4.42 Å². The van der Waals surface area contributed by atoms with Gasteiger partial charge in [-0.2, -0.15) is 5.26 Å². The molecule has 1 heterocycles. The van der Waals surface area contributed by atoms with Crippen LogP contribution in [0.25, 0.3) is 0 Å². The van der Waals surface area contributed by atoms with Gasteiger partial charge in [0, 0.05) is 12.0 Å². The second-order valence-corrected chi connectivity index (χ2v) is 5.78. The first-order chi connectivity index (χ1) is 10.7. The molecule has 1 unspecified atom stereocenters. The van der Waals surface area contributed by atoms with E-state index in [1.54, 1.807) is 0 Å². The molecule has 3 rings (SSSR count). The van der Waals surface area contributed by atoms with Crippen LogP contribution in [-0.2, 0) is 6.54 Å². The van der Waals surface area contributed by atoms with Crippen molar-refractivity contribution in [3.05, 3.63) is 47.2 Å². The van der Waals surface area contributed by atoms with E-state index in [0.717, 1.165) is 12.4 Å². The van der Waals surface area contributed by atoms with E-state index in [-0.39, 0.29) is 6.04 Å². The lowest BCUT2D eigenvalue weighted by molar-refractivity contribution is 0.191. The van der Waals surface area contributed by atoms with Gasteiger partial charge in [0.25, 0.3) is 0 Å². The Hall–Kier alpha value is -2.19. The largest absolute Gasteiger partial charge is 0.424 e. The SMILES string of the molecule is CCN(Cc1nnc(C2CC2)o1)C(C)c1ccc(C#N)cc1. The predicted molar refractivity (Wildman–Crippen MR) is 81.9 cm³/mol. The Bertz CT molecular complexity index is 667. The minimum Gasteiger partial charge on any atom is -0.424 e. The van der Waals surface area contributed by atoms with E-state index in [4.69, 9.17) is 9.68 Å². The van der Waals surface area contributed by atoms with E-state index in [9.17, 15) is 0 Å². The lowest BCUT2D eigenvalue weighted by Gasteiger charge is -2.26. The van der Waals surface area contributed by atoms with E-state index in [1.165, 1.54) is 18.4 Å². The van der Waals surface area contributed by atoms with E-state index >= 15 is 0 Å². The quantitative estimate of drug-likeness (QED) is 0.817. The zero-order valence-corrected chi connectivity index (χ0v) is 13.0.